The Morgan fingerprint density at radius 2 is 1.74 bits per heavy atom. The first-order valence-corrected chi connectivity index (χ1v) is 8.64. The maximum Gasteiger partial charge on any atom is 0.342 e. The largest absolute Gasteiger partial charge is 0.469 e. The lowest BCUT2D eigenvalue weighted by molar-refractivity contribution is -0.125. The molecule has 1 N–H and O–H groups in total. The van der Waals surface area contributed by atoms with Crippen LogP contribution in [0, 0.1) is 20.8 Å². The van der Waals surface area contributed by atoms with E-state index < -0.39 is 18.0 Å². The van der Waals surface area contributed by atoms with Gasteiger partial charge in [0.15, 0.2) is 0 Å². The number of benzene rings is 2. The second-order valence-electron chi connectivity index (χ2n) is 6.39. The fourth-order valence-corrected chi connectivity index (χ4v) is 2.74. The number of rotatable bonds is 5. The summed E-state index contributed by atoms with van der Waals surface area (Å²) in [4.78, 5) is 25.5. The highest BCUT2D eigenvalue weighted by Gasteiger charge is 2.27. The molecule has 0 fully saturated rings. The summed E-state index contributed by atoms with van der Waals surface area (Å²) in [6.07, 6.45) is 0.340. The van der Waals surface area contributed by atoms with Crippen molar-refractivity contribution >= 4 is 17.6 Å². The van der Waals surface area contributed by atoms with Gasteiger partial charge >= 0.3 is 5.97 Å². The normalized spacial score (nSPS) is 11.7. The van der Waals surface area contributed by atoms with Gasteiger partial charge in [0.25, 0.3) is 5.91 Å². The lowest BCUT2D eigenvalue weighted by Gasteiger charge is -2.19. The quantitative estimate of drug-likeness (QED) is 0.665. The Bertz CT molecular complexity index is 959. The molecule has 1 atom stereocenters. The van der Waals surface area contributed by atoms with Crippen molar-refractivity contribution in [2.24, 2.45) is 0 Å². The van der Waals surface area contributed by atoms with E-state index in [0.717, 1.165) is 11.1 Å². The van der Waals surface area contributed by atoms with E-state index in [2.05, 4.69) is 5.32 Å². The number of carbonyl (C=O) groups excluding carboxylic acids is 2. The highest BCUT2D eigenvalue weighted by atomic mass is 16.5. The highest BCUT2D eigenvalue weighted by Crippen LogP contribution is 2.24. The fraction of sp³-hybridized carbons (Fsp3) is 0.182. The number of hydrogen-bond acceptors (Lipinski definition) is 4. The fourth-order valence-electron chi connectivity index (χ4n) is 2.74. The minimum Gasteiger partial charge on any atom is -0.469 e. The number of carbonyl (C=O) groups is 2. The van der Waals surface area contributed by atoms with Crippen LogP contribution in [0.15, 0.2) is 65.3 Å². The van der Waals surface area contributed by atoms with E-state index in [1.54, 1.807) is 31.2 Å². The van der Waals surface area contributed by atoms with Crippen molar-refractivity contribution in [3.05, 3.63) is 88.9 Å². The molecule has 3 rings (SSSR count). The summed E-state index contributed by atoms with van der Waals surface area (Å²) in [6.45, 7) is 5.53. The second-order valence-corrected chi connectivity index (χ2v) is 6.39. The predicted octanol–water partition coefficient (Wildman–Crippen LogP) is 4.74. The third-order valence-electron chi connectivity index (χ3n) is 4.30. The first kappa shape index (κ1) is 18.5. The SMILES string of the molecule is Cc1ccc(C)c(NC(=O)[C@H](OC(=O)c2ccoc2C)c2ccccc2)c1. The van der Waals surface area contributed by atoms with Crippen molar-refractivity contribution in [2.45, 2.75) is 26.9 Å². The number of ether oxygens (including phenoxy) is 1. The molecule has 2 aromatic carbocycles. The Labute approximate surface area is 158 Å². The third kappa shape index (κ3) is 4.26. The minimum atomic E-state index is -1.08. The smallest absolute Gasteiger partial charge is 0.342 e. The van der Waals surface area contributed by atoms with E-state index in [4.69, 9.17) is 9.15 Å². The van der Waals surface area contributed by atoms with Crippen LogP contribution in [-0.2, 0) is 9.53 Å². The maximum atomic E-state index is 13.0. The number of esters is 1. The monoisotopic (exact) mass is 363 g/mol. The molecule has 0 aliphatic rings. The van der Waals surface area contributed by atoms with Crippen LogP contribution in [0.2, 0.25) is 0 Å². The Kier molecular flexibility index (Phi) is 5.41. The van der Waals surface area contributed by atoms with Crippen molar-refractivity contribution in [1.29, 1.82) is 0 Å². The number of hydrogen-bond donors (Lipinski definition) is 1. The van der Waals surface area contributed by atoms with Gasteiger partial charge in [-0.3, -0.25) is 4.79 Å². The molecule has 138 valence electrons. The van der Waals surface area contributed by atoms with E-state index in [-0.39, 0.29) is 0 Å². The predicted molar refractivity (Wildman–Crippen MR) is 103 cm³/mol. The average molecular weight is 363 g/mol. The van der Waals surface area contributed by atoms with E-state index in [0.29, 0.717) is 22.6 Å². The van der Waals surface area contributed by atoms with E-state index in [1.165, 1.54) is 12.3 Å². The van der Waals surface area contributed by atoms with Crippen LogP contribution in [-0.4, -0.2) is 11.9 Å². The third-order valence-corrected chi connectivity index (χ3v) is 4.30. The first-order valence-electron chi connectivity index (χ1n) is 8.64. The van der Waals surface area contributed by atoms with Crippen LogP contribution in [0.5, 0.6) is 0 Å². The van der Waals surface area contributed by atoms with Gasteiger partial charge in [-0.25, -0.2) is 4.79 Å². The van der Waals surface area contributed by atoms with Crippen molar-refractivity contribution in [3.8, 4) is 0 Å². The molecule has 1 amide bonds. The lowest BCUT2D eigenvalue weighted by atomic mass is 10.1. The molecular formula is C22H21NO4. The van der Waals surface area contributed by atoms with Crippen LogP contribution >= 0.6 is 0 Å². The van der Waals surface area contributed by atoms with Crippen LogP contribution < -0.4 is 5.32 Å². The molecule has 0 aliphatic carbocycles. The zero-order valence-corrected chi connectivity index (χ0v) is 15.5. The van der Waals surface area contributed by atoms with Gasteiger partial charge in [0.1, 0.15) is 11.3 Å². The molecule has 0 aliphatic heterocycles. The molecule has 0 unspecified atom stereocenters. The number of amides is 1. The van der Waals surface area contributed by atoms with Crippen molar-refractivity contribution < 1.29 is 18.7 Å². The topological polar surface area (TPSA) is 68.5 Å². The van der Waals surface area contributed by atoms with Gasteiger partial charge in [-0.1, -0.05) is 42.5 Å². The zero-order chi connectivity index (χ0) is 19.4. The van der Waals surface area contributed by atoms with Crippen LogP contribution in [0.1, 0.15) is 38.9 Å². The molecule has 5 heteroatoms. The van der Waals surface area contributed by atoms with Gasteiger partial charge in [-0.05, 0) is 44.0 Å². The minimum absolute atomic E-state index is 0.301. The molecule has 0 radical (unpaired) electrons. The van der Waals surface area contributed by atoms with E-state index in [9.17, 15) is 9.59 Å². The second kappa shape index (κ2) is 7.91. The van der Waals surface area contributed by atoms with Gasteiger partial charge in [0, 0.05) is 11.3 Å². The molecule has 0 saturated heterocycles. The summed E-state index contributed by atoms with van der Waals surface area (Å²) >= 11 is 0. The van der Waals surface area contributed by atoms with Gasteiger partial charge in [0.2, 0.25) is 6.10 Å². The molecule has 27 heavy (non-hydrogen) atoms. The standard InChI is InChI=1S/C22H21NO4/c1-14-9-10-15(2)19(13-14)23-21(24)20(17-7-5-4-6-8-17)27-22(25)18-11-12-26-16(18)3/h4-13,20H,1-3H3,(H,23,24)/t20-/m1/s1. The van der Waals surface area contributed by atoms with Crippen LogP contribution in [0.3, 0.4) is 0 Å². The molecule has 0 saturated carbocycles. The van der Waals surface area contributed by atoms with Gasteiger partial charge < -0.3 is 14.5 Å². The summed E-state index contributed by atoms with van der Waals surface area (Å²) in [7, 11) is 0. The van der Waals surface area contributed by atoms with Crippen LogP contribution in [0.4, 0.5) is 5.69 Å². The van der Waals surface area contributed by atoms with Crippen molar-refractivity contribution in [2.75, 3.05) is 5.32 Å². The molecule has 0 spiro atoms. The summed E-state index contributed by atoms with van der Waals surface area (Å²) in [5.74, 6) is -0.572. The number of furan rings is 1. The summed E-state index contributed by atoms with van der Waals surface area (Å²) in [5.41, 5.74) is 3.54. The Hall–Kier alpha value is -3.34. The summed E-state index contributed by atoms with van der Waals surface area (Å²) < 4.78 is 10.7. The molecule has 1 aromatic heterocycles. The number of aryl methyl sites for hydroxylation is 3. The Balaban J connectivity index is 1.88. The zero-order valence-electron chi connectivity index (χ0n) is 15.5. The average Bonchev–Trinajstić information content (AvgIpc) is 3.09. The highest BCUT2D eigenvalue weighted by molar-refractivity contribution is 5.98. The van der Waals surface area contributed by atoms with Crippen molar-refractivity contribution in [3.63, 3.8) is 0 Å². The van der Waals surface area contributed by atoms with Gasteiger partial charge in [-0.15, -0.1) is 0 Å². The van der Waals surface area contributed by atoms with Crippen molar-refractivity contribution in [1.82, 2.24) is 0 Å². The number of anilines is 1. The molecule has 3 aromatic rings. The lowest BCUT2D eigenvalue weighted by Crippen LogP contribution is -2.26. The molecular weight excluding hydrogens is 342 g/mol. The Morgan fingerprint density at radius 3 is 2.41 bits per heavy atom. The van der Waals surface area contributed by atoms with E-state index in [1.807, 2.05) is 38.1 Å². The molecule has 0 bridgehead atoms. The van der Waals surface area contributed by atoms with E-state index >= 15 is 0 Å². The van der Waals surface area contributed by atoms with Gasteiger partial charge in [-0.2, -0.15) is 0 Å². The first-order chi connectivity index (χ1) is 13.0. The summed E-state index contributed by atoms with van der Waals surface area (Å²) in [5, 5.41) is 2.88. The Morgan fingerprint density at radius 1 is 1.00 bits per heavy atom. The van der Waals surface area contributed by atoms with Gasteiger partial charge in [0.05, 0.1) is 6.26 Å². The van der Waals surface area contributed by atoms with Crippen LogP contribution in [0.25, 0.3) is 0 Å². The number of nitrogens with one attached hydrogen (secondary N) is 1. The maximum absolute atomic E-state index is 13.0. The summed E-state index contributed by atoms with van der Waals surface area (Å²) in [6, 6.07) is 16.3. The molecule has 5 nitrogen and oxygen atoms in total. The molecule has 1 heterocycles.